The number of aryl methyl sites for hydroxylation is 2. The molecule has 0 atom stereocenters. The van der Waals surface area contributed by atoms with E-state index in [1.807, 2.05) is 22.7 Å². The Morgan fingerprint density at radius 1 is 0.429 bits per heavy atom. The fourth-order valence-corrected chi connectivity index (χ4v) is 8.66. The van der Waals surface area contributed by atoms with E-state index < -0.39 is 0 Å². The summed E-state index contributed by atoms with van der Waals surface area (Å²) in [6.07, 6.45) is 17.4. The van der Waals surface area contributed by atoms with E-state index in [4.69, 9.17) is 0 Å². The summed E-state index contributed by atoms with van der Waals surface area (Å²) in [5, 5.41) is 10.6. The van der Waals surface area contributed by atoms with Gasteiger partial charge in [0.25, 0.3) is 0 Å². The molecule has 0 saturated carbocycles. The predicted octanol–water partition coefficient (Wildman–Crippen LogP) is 12.2. The molecule has 0 fully saturated rings. The molecule has 0 unspecified atom stereocenters. The lowest BCUT2D eigenvalue weighted by Gasteiger charge is -2.09. The molecule has 0 spiro atoms. The summed E-state index contributed by atoms with van der Waals surface area (Å²) in [6, 6.07) is 27.9. The first kappa shape index (κ1) is 27.5. The molecule has 4 heteroatoms. The maximum Gasteiger partial charge on any atom is 0.0997 e. The van der Waals surface area contributed by atoms with Crippen molar-refractivity contribution in [3.8, 4) is 10.0 Å². The molecule has 0 aliphatic rings. The Labute approximate surface area is 257 Å². The summed E-state index contributed by atoms with van der Waals surface area (Å²) in [5.74, 6) is 0. The molecule has 214 valence electrons. The lowest BCUT2D eigenvalue weighted by Crippen LogP contribution is -1.89. The van der Waals surface area contributed by atoms with Gasteiger partial charge in [-0.1, -0.05) is 76.6 Å². The number of benzene rings is 3. The van der Waals surface area contributed by atoms with Gasteiger partial charge in [-0.2, -0.15) is 0 Å². The highest BCUT2D eigenvalue weighted by Gasteiger charge is 2.14. The summed E-state index contributed by atoms with van der Waals surface area (Å²) in [4.78, 5) is 2.99. The Kier molecular flexibility index (Phi) is 7.92. The van der Waals surface area contributed by atoms with E-state index in [1.54, 1.807) is 0 Å². The third-order valence-electron chi connectivity index (χ3n) is 8.86. The van der Waals surface area contributed by atoms with Crippen molar-refractivity contribution in [2.24, 2.45) is 0 Å². The predicted molar refractivity (Wildman–Crippen MR) is 187 cm³/mol. The summed E-state index contributed by atoms with van der Waals surface area (Å²) in [7, 11) is 0. The minimum absolute atomic E-state index is 1.20. The number of thiophene rings is 2. The van der Waals surface area contributed by atoms with Crippen LogP contribution in [0.1, 0.15) is 75.0 Å². The minimum atomic E-state index is 1.20. The van der Waals surface area contributed by atoms with Gasteiger partial charge in [-0.05, 0) is 95.8 Å². The normalized spacial score (nSPS) is 12.0. The van der Waals surface area contributed by atoms with Gasteiger partial charge in [-0.15, -0.1) is 22.7 Å². The molecule has 0 N–H and O–H groups in total. The van der Waals surface area contributed by atoms with Crippen LogP contribution in [-0.4, -0.2) is 9.13 Å². The highest BCUT2D eigenvalue weighted by atomic mass is 32.1. The van der Waals surface area contributed by atoms with Crippen LogP contribution in [0.15, 0.2) is 85.2 Å². The Balaban J connectivity index is 1.20. The zero-order valence-electron chi connectivity index (χ0n) is 24.9. The van der Waals surface area contributed by atoms with Gasteiger partial charge in [-0.3, -0.25) is 0 Å². The van der Waals surface area contributed by atoms with E-state index >= 15 is 0 Å². The fourth-order valence-electron chi connectivity index (χ4n) is 6.57. The summed E-state index contributed by atoms with van der Waals surface area (Å²) < 4.78 is 4.75. The molecule has 42 heavy (non-hydrogen) atoms. The van der Waals surface area contributed by atoms with Crippen molar-refractivity contribution in [3.05, 3.63) is 94.9 Å². The second-order valence-corrected chi connectivity index (χ2v) is 14.0. The first-order chi connectivity index (χ1) is 20.7. The lowest BCUT2D eigenvalue weighted by atomic mass is 9.98. The zero-order valence-corrected chi connectivity index (χ0v) is 26.5. The van der Waals surface area contributed by atoms with Crippen LogP contribution < -0.4 is 0 Å². The van der Waals surface area contributed by atoms with Crippen LogP contribution >= 0.6 is 22.7 Å². The summed E-state index contributed by atoms with van der Waals surface area (Å²) >= 11 is 3.88. The van der Waals surface area contributed by atoms with Crippen molar-refractivity contribution >= 4 is 66.0 Å². The second kappa shape index (κ2) is 12.1. The largest absolute Gasteiger partial charge is 0.308 e. The van der Waals surface area contributed by atoms with Crippen LogP contribution in [0.2, 0.25) is 0 Å². The monoisotopic (exact) mass is 588 g/mol. The summed E-state index contributed by atoms with van der Waals surface area (Å²) in [5.41, 5.74) is 2.58. The Hall–Kier alpha value is -3.34. The van der Waals surface area contributed by atoms with Gasteiger partial charge in [0, 0.05) is 32.9 Å². The maximum atomic E-state index is 2.38. The van der Waals surface area contributed by atoms with Crippen molar-refractivity contribution in [1.29, 1.82) is 0 Å². The minimum Gasteiger partial charge on any atom is -0.308 e. The van der Waals surface area contributed by atoms with E-state index in [2.05, 4.69) is 108 Å². The van der Waals surface area contributed by atoms with Gasteiger partial charge in [-0.25, -0.2) is 0 Å². The highest BCUT2D eigenvalue weighted by Crippen LogP contribution is 2.38. The van der Waals surface area contributed by atoms with Crippen molar-refractivity contribution in [1.82, 2.24) is 9.13 Å². The van der Waals surface area contributed by atoms with Crippen LogP contribution in [0.5, 0.6) is 0 Å². The van der Waals surface area contributed by atoms with E-state index in [9.17, 15) is 0 Å². The van der Waals surface area contributed by atoms with Crippen molar-refractivity contribution in [2.45, 2.75) is 78.1 Å². The molecular weight excluding hydrogens is 549 g/mol. The van der Waals surface area contributed by atoms with Gasteiger partial charge in [0.05, 0.1) is 21.0 Å². The third-order valence-corrected chi connectivity index (χ3v) is 11.1. The number of hydrogen-bond donors (Lipinski definition) is 0. The zero-order chi connectivity index (χ0) is 28.5. The molecule has 0 bridgehead atoms. The molecule has 7 rings (SSSR count). The number of rotatable bonds is 12. The lowest BCUT2D eigenvalue weighted by molar-refractivity contribution is 0.670. The van der Waals surface area contributed by atoms with Crippen LogP contribution in [0.3, 0.4) is 0 Å². The van der Waals surface area contributed by atoms with E-state index in [0.717, 1.165) is 0 Å². The molecule has 4 heterocycles. The number of nitrogens with zero attached hydrogens (tertiary/aromatic N) is 2. The number of aromatic nitrogens is 2. The van der Waals surface area contributed by atoms with Crippen LogP contribution in [0.4, 0.5) is 0 Å². The Bertz CT molecular complexity index is 1840. The number of hydrogen-bond acceptors (Lipinski definition) is 2. The molecule has 0 aliphatic heterocycles. The summed E-state index contributed by atoms with van der Waals surface area (Å²) in [6.45, 7) is 4.56. The smallest absolute Gasteiger partial charge is 0.0997 e. The van der Waals surface area contributed by atoms with Crippen LogP contribution in [0.25, 0.3) is 53.4 Å². The first-order valence-electron chi connectivity index (χ1n) is 15.9. The molecular formula is C38H40N2S2. The number of unbranched alkanes of at least 4 members (excludes halogenated alkanes) is 6. The molecule has 0 amide bonds. The Morgan fingerprint density at radius 3 is 1.31 bits per heavy atom. The van der Waals surface area contributed by atoms with Gasteiger partial charge in [0.1, 0.15) is 0 Å². The van der Waals surface area contributed by atoms with Crippen LogP contribution in [-0.2, 0) is 12.8 Å². The van der Waals surface area contributed by atoms with Gasteiger partial charge in [0.15, 0.2) is 0 Å². The molecule has 0 aliphatic carbocycles. The SMILES string of the molecule is CCCCCCc1ccc(-n2ccc3c4ccc5c(ccc6c5ccn6-c5ccc(CCCCCC)s5)c4ccc32)s1. The van der Waals surface area contributed by atoms with Gasteiger partial charge < -0.3 is 9.13 Å². The van der Waals surface area contributed by atoms with Crippen molar-refractivity contribution in [2.75, 3.05) is 0 Å². The quantitative estimate of drug-likeness (QED) is 0.0992. The molecule has 4 aromatic heterocycles. The third kappa shape index (κ3) is 5.09. The van der Waals surface area contributed by atoms with Gasteiger partial charge >= 0.3 is 0 Å². The highest BCUT2D eigenvalue weighted by molar-refractivity contribution is 7.14. The van der Waals surface area contributed by atoms with Crippen molar-refractivity contribution in [3.63, 3.8) is 0 Å². The van der Waals surface area contributed by atoms with E-state index in [0.29, 0.717) is 0 Å². The maximum absolute atomic E-state index is 2.38. The van der Waals surface area contributed by atoms with Crippen LogP contribution in [0, 0.1) is 0 Å². The fraction of sp³-hybridized carbons (Fsp3) is 0.316. The number of fused-ring (bicyclic) bond motifs is 7. The molecule has 2 nitrogen and oxygen atoms in total. The average molecular weight is 589 g/mol. The van der Waals surface area contributed by atoms with Crippen molar-refractivity contribution < 1.29 is 0 Å². The molecule has 3 aromatic carbocycles. The second-order valence-electron chi connectivity index (χ2n) is 11.7. The molecule has 7 aromatic rings. The van der Waals surface area contributed by atoms with E-state index in [-0.39, 0.29) is 0 Å². The van der Waals surface area contributed by atoms with Gasteiger partial charge in [0.2, 0.25) is 0 Å². The standard InChI is InChI=1S/C38H40N2S2/c1-3-5-7-9-11-27-13-21-37(41-27)39-25-23-33-31-15-16-32-30(29(31)17-19-35(33)39)18-20-36-34(32)24-26-40(36)38-22-14-28(42-38)12-10-8-6-4-2/h13-26H,3-12H2,1-2H3. The molecule has 0 saturated heterocycles. The Morgan fingerprint density at radius 2 is 0.857 bits per heavy atom. The first-order valence-corrected chi connectivity index (χ1v) is 17.5. The topological polar surface area (TPSA) is 9.86 Å². The average Bonchev–Trinajstić information content (AvgIpc) is 3.82. The van der Waals surface area contributed by atoms with E-state index in [1.165, 1.54) is 127 Å². The molecule has 0 radical (unpaired) electrons.